The number of aromatic carboxylic acids is 1. The maximum Gasteiger partial charge on any atom is 0.358 e. The Morgan fingerprint density at radius 3 is 2.50 bits per heavy atom. The number of hydrogen-bond acceptors (Lipinski definition) is 3. The molecule has 0 fully saturated rings. The highest BCUT2D eigenvalue weighted by molar-refractivity contribution is 6.31. The van der Waals surface area contributed by atoms with Crippen molar-refractivity contribution in [1.29, 1.82) is 0 Å². The largest absolute Gasteiger partial charge is 0.476 e. The van der Waals surface area contributed by atoms with Gasteiger partial charge in [0.25, 0.3) is 0 Å². The number of aromatic nitrogens is 3. The highest BCUT2D eigenvalue weighted by Gasteiger charge is 2.22. The maximum absolute atomic E-state index is 14.0. The highest BCUT2D eigenvalue weighted by Crippen LogP contribution is 2.26. The van der Waals surface area contributed by atoms with Crippen LogP contribution in [0.1, 0.15) is 16.1 Å². The third kappa shape index (κ3) is 2.98. The summed E-state index contributed by atoms with van der Waals surface area (Å²) in [5.41, 5.74) is 0.381. The van der Waals surface area contributed by atoms with Crippen LogP contribution in [-0.2, 0) is 6.54 Å². The first-order valence-electron chi connectivity index (χ1n) is 6.83. The van der Waals surface area contributed by atoms with Crippen LogP contribution in [0.5, 0.6) is 0 Å². The molecular formula is C16H10ClF2N3O2. The molecule has 8 heteroatoms. The van der Waals surface area contributed by atoms with E-state index in [9.17, 15) is 18.7 Å². The van der Waals surface area contributed by atoms with Crippen LogP contribution in [0.2, 0.25) is 5.02 Å². The van der Waals surface area contributed by atoms with E-state index in [1.165, 1.54) is 47.1 Å². The van der Waals surface area contributed by atoms with Gasteiger partial charge in [0.1, 0.15) is 17.3 Å². The molecule has 122 valence electrons. The molecule has 3 rings (SSSR count). The molecule has 0 saturated carbocycles. The van der Waals surface area contributed by atoms with E-state index in [-0.39, 0.29) is 28.5 Å². The molecule has 0 aliphatic carbocycles. The SMILES string of the molecule is O=C(O)c1nnn(Cc2c(F)cccc2Cl)c1-c1ccc(F)cc1. The lowest BCUT2D eigenvalue weighted by atomic mass is 10.1. The highest BCUT2D eigenvalue weighted by atomic mass is 35.5. The lowest BCUT2D eigenvalue weighted by Crippen LogP contribution is -2.08. The summed E-state index contributed by atoms with van der Waals surface area (Å²) in [4.78, 5) is 11.4. The summed E-state index contributed by atoms with van der Waals surface area (Å²) in [6.07, 6.45) is 0. The summed E-state index contributed by atoms with van der Waals surface area (Å²) in [6, 6.07) is 9.41. The van der Waals surface area contributed by atoms with E-state index in [4.69, 9.17) is 11.6 Å². The van der Waals surface area contributed by atoms with Crippen LogP contribution in [0.15, 0.2) is 42.5 Å². The summed E-state index contributed by atoms with van der Waals surface area (Å²) in [5, 5.41) is 16.9. The molecule has 1 heterocycles. The van der Waals surface area contributed by atoms with Gasteiger partial charge >= 0.3 is 5.97 Å². The van der Waals surface area contributed by atoms with Crippen molar-refractivity contribution in [2.45, 2.75) is 6.54 Å². The van der Waals surface area contributed by atoms with Gasteiger partial charge in [-0.2, -0.15) is 0 Å². The van der Waals surface area contributed by atoms with Crippen molar-refractivity contribution in [3.05, 3.63) is 70.4 Å². The average molecular weight is 350 g/mol. The van der Waals surface area contributed by atoms with Gasteiger partial charge < -0.3 is 5.11 Å². The zero-order valence-electron chi connectivity index (χ0n) is 12.1. The van der Waals surface area contributed by atoms with Crippen LogP contribution in [-0.4, -0.2) is 26.1 Å². The molecule has 0 unspecified atom stereocenters. The van der Waals surface area contributed by atoms with Crippen LogP contribution >= 0.6 is 11.6 Å². The quantitative estimate of drug-likeness (QED) is 0.781. The first-order chi connectivity index (χ1) is 11.5. The lowest BCUT2D eigenvalue weighted by Gasteiger charge is -2.09. The van der Waals surface area contributed by atoms with Crippen molar-refractivity contribution in [2.75, 3.05) is 0 Å². The zero-order valence-corrected chi connectivity index (χ0v) is 12.8. The molecule has 24 heavy (non-hydrogen) atoms. The molecule has 0 amide bonds. The summed E-state index contributed by atoms with van der Waals surface area (Å²) in [6.45, 7) is -0.113. The van der Waals surface area contributed by atoms with Crippen LogP contribution < -0.4 is 0 Å². The summed E-state index contributed by atoms with van der Waals surface area (Å²) in [5.74, 6) is -2.30. The van der Waals surface area contributed by atoms with Crippen molar-refractivity contribution in [2.24, 2.45) is 0 Å². The fourth-order valence-electron chi connectivity index (χ4n) is 2.29. The molecule has 0 radical (unpaired) electrons. The van der Waals surface area contributed by atoms with Gasteiger partial charge in [-0.05, 0) is 36.4 Å². The number of carboxylic acid groups (broad SMARTS) is 1. The van der Waals surface area contributed by atoms with Gasteiger partial charge in [0.15, 0.2) is 5.69 Å². The molecule has 2 aromatic carbocycles. The van der Waals surface area contributed by atoms with Gasteiger partial charge in [0, 0.05) is 16.1 Å². The molecule has 0 atom stereocenters. The van der Waals surface area contributed by atoms with E-state index >= 15 is 0 Å². The monoisotopic (exact) mass is 349 g/mol. The van der Waals surface area contributed by atoms with Gasteiger partial charge in [-0.3, -0.25) is 0 Å². The minimum absolute atomic E-state index is 0.113. The first-order valence-corrected chi connectivity index (χ1v) is 7.21. The van der Waals surface area contributed by atoms with E-state index in [2.05, 4.69) is 10.3 Å². The molecule has 0 aliphatic rings. The topological polar surface area (TPSA) is 68.0 Å². The number of rotatable bonds is 4. The maximum atomic E-state index is 14.0. The van der Waals surface area contributed by atoms with Crippen molar-refractivity contribution < 1.29 is 18.7 Å². The average Bonchev–Trinajstić information content (AvgIpc) is 2.96. The van der Waals surface area contributed by atoms with Crippen molar-refractivity contribution in [1.82, 2.24) is 15.0 Å². The summed E-state index contributed by atoms with van der Waals surface area (Å²) in [7, 11) is 0. The Morgan fingerprint density at radius 2 is 1.88 bits per heavy atom. The van der Waals surface area contributed by atoms with Crippen molar-refractivity contribution in [3.8, 4) is 11.3 Å². The molecule has 5 nitrogen and oxygen atoms in total. The number of nitrogens with zero attached hydrogens (tertiary/aromatic N) is 3. The fraction of sp³-hybridized carbons (Fsp3) is 0.0625. The smallest absolute Gasteiger partial charge is 0.358 e. The van der Waals surface area contributed by atoms with Gasteiger partial charge in [-0.25, -0.2) is 18.3 Å². The van der Waals surface area contributed by atoms with E-state index in [1.54, 1.807) is 0 Å². The number of benzene rings is 2. The minimum atomic E-state index is -1.29. The molecule has 0 spiro atoms. The lowest BCUT2D eigenvalue weighted by molar-refractivity contribution is 0.0691. The molecule has 0 saturated heterocycles. The van der Waals surface area contributed by atoms with Crippen molar-refractivity contribution >= 4 is 17.6 Å². The Labute approximate surface area is 140 Å². The molecule has 1 aromatic heterocycles. The fourth-order valence-corrected chi connectivity index (χ4v) is 2.52. The number of hydrogen-bond donors (Lipinski definition) is 1. The van der Waals surface area contributed by atoms with E-state index < -0.39 is 17.6 Å². The first kappa shape index (κ1) is 16.1. The third-order valence-corrected chi connectivity index (χ3v) is 3.78. The second kappa shape index (κ2) is 6.37. The van der Waals surface area contributed by atoms with E-state index in [0.717, 1.165) is 0 Å². The Balaban J connectivity index is 2.12. The van der Waals surface area contributed by atoms with Crippen LogP contribution in [0.4, 0.5) is 8.78 Å². The van der Waals surface area contributed by atoms with Crippen LogP contribution in [0.25, 0.3) is 11.3 Å². The van der Waals surface area contributed by atoms with E-state index in [0.29, 0.717) is 5.56 Å². The summed E-state index contributed by atoms with van der Waals surface area (Å²) >= 11 is 6.00. The number of carboxylic acids is 1. The van der Waals surface area contributed by atoms with Crippen LogP contribution in [0, 0.1) is 11.6 Å². The molecular weight excluding hydrogens is 340 g/mol. The minimum Gasteiger partial charge on any atom is -0.476 e. The van der Waals surface area contributed by atoms with Gasteiger partial charge in [0.05, 0.1) is 6.54 Å². The van der Waals surface area contributed by atoms with Gasteiger partial charge in [-0.15, -0.1) is 5.10 Å². The second-order valence-electron chi connectivity index (χ2n) is 4.96. The third-order valence-electron chi connectivity index (χ3n) is 3.42. The normalized spacial score (nSPS) is 10.8. The predicted octanol–water partition coefficient (Wildman–Crippen LogP) is 3.62. The Kier molecular flexibility index (Phi) is 4.26. The van der Waals surface area contributed by atoms with Gasteiger partial charge in [0.2, 0.25) is 0 Å². The summed E-state index contributed by atoms with van der Waals surface area (Å²) < 4.78 is 28.3. The van der Waals surface area contributed by atoms with Crippen LogP contribution in [0.3, 0.4) is 0 Å². The number of carbonyl (C=O) groups is 1. The molecule has 0 bridgehead atoms. The Bertz CT molecular complexity index is 890. The standard InChI is InChI=1S/C16H10ClF2N3O2/c17-12-2-1-3-13(19)11(12)8-22-15(14(16(23)24)20-21-22)9-4-6-10(18)7-5-9/h1-7H,8H2,(H,23,24). The Hall–Kier alpha value is -2.80. The molecule has 0 aliphatic heterocycles. The predicted molar refractivity (Wildman–Crippen MR) is 82.9 cm³/mol. The molecule has 3 aromatic rings. The zero-order chi connectivity index (χ0) is 17.3. The molecule has 1 N–H and O–H groups in total. The second-order valence-corrected chi connectivity index (χ2v) is 5.36. The van der Waals surface area contributed by atoms with Crippen molar-refractivity contribution in [3.63, 3.8) is 0 Å². The number of halogens is 3. The Morgan fingerprint density at radius 1 is 1.17 bits per heavy atom. The van der Waals surface area contributed by atoms with Gasteiger partial charge in [-0.1, -0.05) is 22.9 Å². The van der Waals surface area contributed by atoms with E-state index in [1.807, 2.05) is 0 Å².